The van der Waals surface area contributed by atoms with E-state index in [1.54, 1.807) is 12.1 Å². The summed E-state index contributed by atoms with van der Waals surface area (Å²) in [7, 11) is -3.54. The third-order valence-electron chi connectivity index (χ3n) is 4.06. The van der Waals surface area contributed by atoms with Gasteiger partial charge in [-0.2, -0.15) is 0 Å². The number of hydrogen-bond acceptors (Lipinski definition) is 4. The number of rotatable bonds is 6. The molecule has 1 atom stereocenters. The minimum Gasteiger partial charge on any atom is -0.348 e. The number of nitrogens with one attached hydrogen (secondary N) is 3. The van der Waals surface area contributed by atoms with Crippen LogP contribution in [0.3, 0.4) is 0 Å². The Bertz CT molecular complexity index is 656. The molecule has 8 heteroatoms. The summed E-state index contributed by atoms with van der Waals surface area (Å²) < 4.78 is 27.1. The highest BCUT2D eigenvalue weighted by molar-refractivity contribution is 7.89. The van der Waals surface area contributed by atoms with Gasteiger partial charge >= 0.3 is 0 Å². The molecular weight excluding hydrogens is 338 g/mol. The third-order valence-corrected chi connectivity index (χ3v) is 5.48. The molecule has 0 bridgehead atoms. The fourth-order valence-electron chi connectivity index (χ4n) is 2.48. The summed E-state index contributed by atoms with van der Waals surface area (Å²) in [5.41, 5.74) is 0.376. The van der Waals surface area contributed by atoms with Crippen LogP contribution in [-0.4, -0.2) is 40.0 Å². The molecule has 1 aromatic carbocycles. The Hall–Kier alpha value is -1.15. The molecule has 1 unspecified atom stereocenters. The van der Waals surface area contributed by atoms with Crippen LogP contribution < -0.4 is 15.4 Å². The molecule has 0 aromatic heterocycles. The third kappa shape index (κ3) is 4.91. The topological polar surface area (TPSA) is 87.3 Å². The van der Waals surface area contributed by atoms with Crippen LogP contribution in [0.2, 0.25) is 0 Å². The van der Waals surface area contributed by atoms with E-state index in [9.17, 15) is 13.2 Å². The van der Waals surface area contributed by atoms with Crippen LogP contribution in [0.25, 0.3) is 0 Å². The van der Waals surface area contributed by atoms with Gasteiger partial charge in [0.15, 0.2) is 0 Å². The minimum atomic E-state index is -3.54. The number of halogens is 1. The zero-order chi connectivity index (χ0) is 15.6. The van der Waals surface area contributed by atoms with Crippen molar-refractivity contribution >= 4 is 28.3 Å². The van der Waals surface area contributed by atoms with Crippen LogP contribution in [0, 0.1) is 5.92 Å². The van der Waals surface area contributed by atoms with E-state index in [0.29, 0.717) is 18.0 Å². The Labute approximate surface area is 142 Å². The molecular formula is C15H22ClN3O3S. The van der Waals surface area contributed by atoms with Crippen molar-refractivity contribution in [2.24, 2.45) is 5.92 Å². The first-order chi connectivity index (χ1) is 10.5. The molecule has 1 saturated carbocycles. The molecule has 0 spiro atoms. The monoisotopic (exact) mass is 359 g/mol. The summed E-state index contributed by atoms with van der Waals surface area (Å²) in [6.45, 7) is 2.13. The maximum absolute atomic E-state index is 12.2. The van der Waals surface area contributed by atoms with E-state index < -0.39 is 10.0 Å². The van der Waals surface area contributed by atoms with E-state index in [4.69, 9.17) is 0 Å². The van der Waals surface area contributed by atoms with Crippen molar-refractivity contribution < 1.29 is 13.2 Å². The van der Waals surface area contributed by atoms with Crippen molar-refractivity contribution in [3.05, 3.63) is 29.8 Å². The standard InChI is InChI=1S/C15H21N3O3S.ClH/c19-15(18-13-6-7-16-10-13)12-2-1-3-14(8-12)22(20,21)17-9-11-4-5-11;/h1-3,8,11,13,16-17H,4-7,9-10H2,(H,18,19);1H. The summed E-state index contributed by atoms with van der Waals surface area (Å²) >= 11 is 0. The molecule has 3 N–H and O–H groups in total. The summed E-state index contributed by atoms with van der Waals surface area (Å²) in [6, 6.07) is 6.31. The lowest BCUT2D eigenvalue weighted by atomic mass is 10.2. The molecule has 1 saturated heterocycles. The van der Waals surface area contributed by atoms with Gasteiger partial charge in [0, 0.05) is 24.7 Å². The lowest BCUT2D eigenvalue weighted by molar-refractivity contribution is 0.0940. The largest absolute Gasteiger partial charge is 0.348 e. The SMILES string of the molecule is Cl.O=C(NC1CCNC1)c1cccc(S(=O)(=O)NCC2CC2)c1. The molecule has 6 nitrogen and oxygen atoms in total. The van der Waals surface area contributed by atoms with E-state index in [-0.39, 0.29) is 29.3 Å². The normalized spacial score (nSPS) is 20.8. The van der Waals surface area contributed by atoms with Gasteiger partial charge < -0.3 is 10.6 Å². The number of sulfonamides is 1. The van der Waals surface area contributed by atoms with Gasteiger partial charge in [0.2, 0.25) is 10.0 Å². The first-order valence-electron chi connectivity index (χ1n) is 7.66. The van der Waals surface area contributed by atoms with E-state index >= 15 is 0 Å². The van der Waals surface area contributed by atoms with Gasteiger partial charge in [0.1, 0.15) is 0 Å². The Kier molecular flexibility index (Phi) is 6.02. The fourth-order valence-corrected chi connectivity index (χ4v) is 3.65. The second-order valence-electron chi connectivity index (χ2n) is 5.99. The lowest BCUT2D eigenvalue weighted by Gasteiger charge is -2.12. The van der Waals surface area contributed by atoms with Crippen molar-refractivity contribution in [1.82, 2.24) is 15.4 Å². The highest BCUT2D eigenvalue weighted by Gasteiger charge is 2.25. The number of carbonyl (C=O) groups is 1. The van der Waals surface area contributed by atoms with E-state index in [0.717, 1.165) is 32.4 Å². The Morgan fingerprint density at radius 1 is 1.26 bits per heavy atom. The lowest BCUT2D eigenvalue weighted by Crippen LogP contribution is -2.36. The average molecular weight is 360 g/mol. The van der Waals surface area contributed by atoms with Crippen molar-refractivity contribution in [2.45, 2.75) is 30.2 Å². The summed E-state index contributed by atoms with van der Waals surface area (Å²) in [6.07, 6.45) is 3.06. The van der Waals surface area contributed by atoms with E-state index in [1.165, 1.54) is 12.1 Å². The second-order valence-corrected chi connectivity index (χ2v) is 7.75. The molecule has 2 fully saturated rings. The van der Waals surface area contributed by atoms with Gasteiger partial charge in [-0.25, -0.2) is 13.1 Å². The molecule has 1 aliphatic carbocycles. The number of carbonyl (C=O) groups excluding carboxylic acids is 1. The first kappa shape index (κ1) is 18.2. The van der Waals surface area contributed by atoms with Gasteiger partial charge in [-0.1, -0.05) is 6.07 Å². The van der Waals surface area contributed by atoms with Gasteiger partial charge in [0.05, 0.1) is 4.90 Å². The first-order valence-corrected chi connectivity index (χ1v) is 9.14. The predicted octanol–water partition coefficient (Wildman–Crippen LogP) is 0.888. The van der Waals surface area contributed by atoms with E-state index in [2.05, 4.69) is 15.4 Å². The zero-order valence-electron chi connectivity index (χ0n) is 12.7. The molecule has 0 radical (unpaired) electrons. The summed E-state index contributed by atoms with van der Waals surface area (Å²) in [5.74, 6) is 0.240. The van der Waals surface area contributed by atoms with Crippen LogP contribution in [0.4, 0.5) is 0 Å². The molecule has 1 amide bonds. The van der Waals surface area contributed by atoms with E-state index in [1.807, 2.05) is 0 Å². The molecule has 3 rings (SSSR count). The van der Waals surface area contributed by atoms with Gasteiger partial charge in [-0.3, -0.25) is 4.79 Å². The second kappa shape index (κ2) is 7.61. The van der Waals surface area contributed by atoms with Crippen LogP contribution >= 0.6 is 12.4 Å². The van der Waals surface area contributed by atoms with Crippen molar-refractivity contribution in [3.63, 3.8) is 0 Å². The highest BCUT2D eigenvalue weighted by atomic mass is 35.5. The average Bonchev–Trinajstić information content (AvgIpc) is 3.21. The van der Waals surface area contributed by atoms with Crippen molar-refractivity contribution in [3.8, 4) is 0 Å². The molecule has 1 aromatic rings. The number of hydrogen-bond donors (Lipinski definition) is 3. The number of amides is 1. The van der Waals surface area contributed by atoms with Crippen LogP contribution in [0.5, 0.6) is 0 Å². The van der Waals surface area contributed by atoms with Gasteiger partial charge in [-0.05, 0) is 49.9 Å². The molecule has 2 aliphatic rings. The van der Waals surface area contributed by atoms with Crippen LogP contribution in [-0.2, 0) is 10.0 Å². The maximum atomic E-state index is 12.2. The Balaban J connectivity index is 0.00000192. The quantitative estimate of drug-likeness (QED) is 0.704. The van der Waals surface area contributed by atoms with Crippen LogP contribution in [0.15, 0.2) is 29.2 Å². The number of benzene rings is 1. The van der Waals surface area contributed by atoms with Crippen LogP contribution in [0.1, 0.15) is 29.6 Å². The molecule has 1 heterocycles. The van der Waals surface area contributed by atoms with Crippen molar-refractivity contribution in [2.75, 3.05) is 19.6 Å². The van der Waals surface area contributed by atoms with Gasteiger partial charge in [-0.15, -0.1) is 12.4 Å². The maximum Gasteiger partial charge on any atom is 0.251 e. The molecule has 128 valence electrons. The highest BCUT2D eigenvalue weighted by Crippen LogP contribution is 2.28. The smallest absolute Gasteiger partial charge is 0.251 e. The predicted molar refractivity (Wildman–Crippen MR) is 90.3 cm³/mol. The molecule has 1 aliphatic heterocycles. The Morgan fingerprint density at radius 2 is 2.04 bits per heavy atom. The fraction of sp³-hybridized carbons (Fsp3) is 0.533. The molecule has 23 heavy (non-hydrogen) atoms. The van der Waals surface area contributed by atoms with Gasteiger partial charge in [0.25, 0.3) is 5.91 Å². The summed E-state index contributed by atoms with van der Waals surface area (Å²) in [4.78, 5) is 12.3. The van der Waals surface area contributed by atoms with Crippen molar-refractivity contribution in [1.29, 1.82) is 0 Å². The Morgan fingerprint density at radius 3 is 2.70 bits per heavy atom. The zero-order valence-corrected chi connectivity index (χ0v) is 14.4. The minimum absolute atomic E-state index is 0. The summed E-state index contributed by atoms with van der Waals surface area (Å²) in [5, 5.41) is 6.09.